The van der Waals surface area contributed by atoms with Gasteiger partial charge in [0.15, 0.2) is 0 Å². The van der Waals surface area contributed by atoms with E-state index in [1.807, 2.05) is 0 Å². The van der Waals surface area contributed by atoms with Crippen LogP contribution in [0.25, 0.3) is 0 Å². The molecule has 0 aromatic carbocycles. The van der Waals surface area contributed by atoms with Crippen LogP contribution < -0.4 is 11.3 Å². The number of nitrogen functional groups attached to an aromatic ring is 1. The molecule has 17 heavy (non-hydrogen) atoms. The Kier molecular flexibility index (Phi) is 2.99. The van der Waals surface area contributed by atoms with Gasteiger partial charge < -0.3 is 15.4 Å². The molecule has 1 amide bonds. The van der Waals surface area contributed by atoms with Gasteiger partial charge in [0, 0.05) is 25.5 Å². The van der Waals surface area contributed by atoms with Crippen LogP contribution in [0.4, 0.5) is 5.69 Å². The van der Waals surface area contributed by atoms with Crippen LogP contribution in [0, 0.1) is 0 Å². The maximum Gasteiger partial charge on any atom is 0.257 e. The van der Waals surface area contributed by atoms with Crippen molar-refractivity contribution in [2.75, 3.05) is 18.5 Å². The average molecular weight is 236 g/mol. The number of nitrogens with two attached hydrogens (primary N) is 1. The summed E-state index contributed by atoms with van der Waals surface area (Å²) in [6.07, 6.45) is 3.63. The molecular formula is C11H16N4O2. The first-order chi connectivity index (χ1) is 8.03. The number of nitrogens with zero attached hydrogens (tertiary/aromatic N) is 2. The lowest BCUT2D eigenvalue weighted by molar-refractivity contribution is 0.0572. The number of rotatable bonds is 2. The van der Waals surface area contributed by atoms with Crippen molar-refractivity contribution in [2.45, 2.75) is 18.9 Å². The summed E-state index contributed by atoms with van der Waals surface area (Å²) in [4.78, 5) is 17.7. The van der Waals surface area contributed by atoms with E-state index in [0.29, 0.717) is 30.8 Å². The Morgan fingerprint density at radius 3 is 3.06 bits per heavy atom. The van der Waals surface area contributed by atoms with Crippen LogP contribution in [0.1, 0.15) is 23.7 Å². The molecule has 0 saturated carbocycles. The van der Waals surface area contributed by atoms with Crippen LogP contribution in [0.15, 0.2) is 18.5 Å². The summed E-state index contributed by atoms with van der Waals surface area (Å²) in [5.74, 6) is 5.18. The fraction of sp³-hybridized carbons (Fsp3) is 0.455. The van der Waals surface area contributed by atoms with E-state index >= 15 is 0 Å². The monoisotopic (exact) mass is 236 g/mol. The van der Waals surface area contributed by atoms with Crippen molar-refractivity contribution in [1.29, 1.82) is 0 Å². The Bertz CT molecular complexity index is 433. The standard InChI is InChI=1S/C11H16N4O2/c1-11(17)3-5-15(7-11)10(16)8-6-13-4-2-9(8)14-12/h2,4,6,17H,3,5,7,12H2,1H3,(H,13,14). The number of carbonyl (C=O) groups is 1. The molecule has 1 saturated heterocycles. The smallest absolute Gasteiger partial charge is 0.257 e. The number of amides is 1. The van der Waals surface area contributed by atoms with Crippen LogP contribution in [-0.4, -0.2) is 39.6 Å². The van der Waals surface area contributed by atoms with Gasteiger partial charge in [-0.3, -0.25) is 15.6 Å². The Labute approximate surface area is 99.4 Å². The quantitative estimate of drug-likeness (QED) is 0.495. The van der Waals surface area contributed by atoms with Gasteiger partial charge in [0.05, 0.1) is 16.9 Å². The number of carbonyl (C=O) groups excluding carboxylic acids is 1. The molecule has 2 rings (SSSR count). The molecule has 0 aliphatic carbocycles. The van der Waals surface area contributed by atoms with Crippen molar-refractivity contribution in [3.05, 3.63) is 24.0 Å². The van der Waals surface area contributed by atoms with Crippen molar-refractivity contribution >= 4 is 11.6 Å². The molecule has 0 spiro atoms. The highest BCUT2D eigenvalue weighted by Gasteiger charge is 2.34. The summed E-state index contributed by atoms with van der Waals surface area (Å²) < 4.78 is 0. The lowest BCUT2D eigenvalue weighted by atomic mass is 10.1. The van der Waals surface area contributed by atoms with Gasteiger partial charge >= 0.3 is 0 Å². The van der Waals surface area contributed by atoms with Gasteiger partial charge in [0.25, 0.3) is 5.91 Å². The van der Waals surface area contributed by atoms with Crippen molar-refractivity contribution in [3.8, 4) is 0 Å². The maximum absolute atomic E-state index is 12.2. The van der Waals surface area contributed by atoms with E-state index in [1.165, 1.54) is 6.20 Å². The number of pyridine rings is 1. The van der Waals surface area contributed by atoms with Crippen LogP contribution in [-0.2, 0) is 0 Å². The molecule has 1 unspecified atom stereocenters. The minimum absolute atomic E-state index is 0.163. The molecule has 1 atom stereocenters. The van der Waals surface area contributed by atoms with Gasteiger partial charge in [-0.2, -0.15) is 0 Å². The largest absolute Gasteiger partial charge is 0.388 e. The number of hydrogen-bond donors (Lipinski definition) is 3. The third kappa shape index (κ3) is 2.37. The fourth-order valence-corrected chi connectivity index (χ4v) is 1.98. The summed E-state index contributed by atoms with van der Waals surface area (Å²) in [6.45, 7) is 2.61. The van der Waals surface area contributed by atoms with E-state index in [2.05, 4.69) is 10.4 Å². The number of aliphatic hydroxyl groups is 1. The van der Waals surface area contributed by atoms with Crippen molar-refractivity contribution in [3.63, 3.8) is 0 Å². The number of nitrogens with one attached hydrogen (secondary N) is 1. The summed E-state index contributed by atoms with van der Waals surface area (Å²) >= 11 is 0. The number of β-amino-alcohol motifs (C(OH)–C–C–N with tert-alkyl or cyclic N) is 1. The first-order valence-corrected chi connectivity index (χ1v) is 5.46. The minimum Gasteiger partial charge on any atom is -0.388 e. The first-order valence-electron chi connectivity index (χ1n) is 5.46. The molecule has 1 aromatic rings. The Morgan fingerprint density at radius 1 is 1.71 bits per heavy atom. The van der Waals surface area contributed by atoms with Crippen molar-refractivity contribution in [1.82, 2.24) is 9.88 Å². The van der Waals surface area contributed by atoms with Crippen molar-refractivity contribution in [2.24, 2.45) is 5.84 Å². The lowest BCUT2D eigenvalue weighted by Crippen LogP contribution is -2.34. The third-order valence-electron chi connectivity index (χ3n) is 2.95. The topological polar surface area (TPSA) is 91.5 Å². The van der Waals surface area contributed by atoms with Gasteiger partial charge in [-0.15, -0.1) is 0 Å². The first kappa shape index (κ1) is 11.8. The molecule has 2 heterocycles. The molecule has 1 aliphatic rings. The number of aromatic nitrogens is 1. The van der Waals surface area contributed by atoms with Gasteiger partial charge in [0.2, 0.25) is 0 Å². The lowest BCUT2D eigenvalue weighted by Gasteiger charge is -2.19. The summed E-state index contributed by atoms with van der Waals surface area (Å²) in [6, 6.07) is 1.64. The summed E-state index contributed by atoms with van der Waals surface area (Å²) in [5.41, 5.74) is 2.64. The van der Waals surface area contributed by atoms with E-state index in [1.54, 1.807) is 24.1 Å². The Balaban J connectivity index is 2.20. The van der Waals surface area contributed by atoms with E-state index in [0.717, 1.165) is 0 Å². The van der Waals surface area contributed by atoms with Gasteiger partial charge in [0.1, 0.15) is 0 Å². The van der Waals surface area contributed by atoms with E-state index in [9.17, 15) is 9.90 Å². The molecule has 6 nitrogen and oxygen atoms in total. The SMILES string of the molecule is CC1(O)CCN(C(=O)c2cnccc2NN)C1. The highest BCUT2D eigenvalue weighted by Crippen LogP contribution is 2.23. The predicted octanol–water partition coefficient (Wildman–Crippen LogP) is -0.0359. The third-order valence-corrected chi connectivity index (χ3v) is 2.95. The summed E-state index contributed by atoms with van der Waals surface area (Å²) in [5, 5.41) is 9.84. The zero-order valence-corrected chi connectivity index (χ0v) is 9.68. The second kappa shape index (κ2) is 4.31. The zero-order valence-electron chi connectivity index (χ0n) is 9.68. The molecular weight excluding hydrogens is 220 g/mol. The van der Waals surface area contributed by atoms with E-state index in [-0.39, 0.29) is 5.91 Å². The molecule has 6 heteroatoms. The fourth-order valence-electron chi connectivity index (χ4n) is 1.98. The van der Waals surface area contributed by atoms with E-state index < -0.39 is 5.60 Å². The molecule has 4 N–H and O–H groups in total. The Morgan fingerprint density at radius 2 is 2.47 bits per heavy atom. The number of likely N-dealkylation sites (tertiary alicyclic amines) is 1. The molecule has 92 valence electrons. The summed E-state index contributed by atoms with van der Waals surface area (Å²) in [7, 11) is 0. The molecule has 1 aliphatic heterocycles. The molecule has 1 aromatic heterocycles. The van der Waals surface area contributed by atoms with Gasteiger partial charge in [-0.05, 0) is 19.4 Å². The highest BCUT2D eigenvalue weighted by molar-refractivity contribution is 5.99. The van der Waals surface area contributed by atoms with Crippen LogP contribution >= 0.6 is 0 Å². The second-order valence-electron chi connectivity index (χ2n) is 4.54. The maximum atomic E-state index is 12.2. The highest BCUT2D eigenvalue weighted by atomic mass is 16.3. The zero-order chi connectivity index (χ0) is 12.5. The van der Waals surface area contributed by atoms with Crippen molar-refractivity contribution < 1.29 is 9.90 Å². The Hall–Kier alpha value is -1.66. The van der Waals surface area contributed by atoms with Crippen LogP contribution in [0.5, 0.6) is 0 Å². The number of hydrazine groups is 1. The normalized spacial score (nSPS) is 23.8. The molecule has 0 bridgehead atoms. The number of hydrogen-bond acceptors (Lipinski definition) is 5. The van der Waals surface area contributed by atoms with Gasteiger partial charge in [-0.1, -0.05) is 0 Å². The molecule has 0 radical (unpaired) electrons. The van der Waals surface area contributed by atoms with Crippen LogP contribution in [0.2, 0.25) is 0 Å². The second-order valence-corrected chi connectivity index (χ2v) is 4.54. The average Bonchev–Trinajstić information content (AvgIpc) is 2.68. The number of anilines is 1. The van der Waals surface area contributed by atoms with Crippen LogP contribution in [0.3, 0.4) is 0 Å². The van der Waals surface area contributed by atoms with E-state index in [4.69, 9.17) is 5.84 Å². The minimum atomic E-state index is -0.797. The molecule has 1 fully saturated rings. The van der Waals surface area contributed by atoms with Gasteiger partial charge in [-0.25, -0.2) is 0 Å². The predicted molar refractivity (Wildman–Crippen MR) is 63.2 cm³/mol.